The number of anilines is 2. The monoisotopic (exact) mass is 243 g/mol. The molecule has 1 fully saturated rings. The van der Waals surface area contributed by atoms with Gasteiger partial charge in [0.05, 0.1) is 17.7 Å². The van der Waals surface area contributed by atoms with Crippen molar-refractivity contribution >= 4 is 22.4 Å². The van der Waals surface area contributed by atoms with E-state index < -0.39 is 0 Å². The number of nitrogens with two attached hydrogens (primary N) is 1. The molecule has 1 aliphatic rings. The molecule has 1 aromatic heterocycles. The zero-order chi connectivity index (χ0) is 12.6. The standard InChI is InChI=1S/C14H17N3O/c15-11-3-4-12-10(8-11)2-5-13(16-12)17-14(9-18)6-1-7-14/h2-5,8,18H,1,6-7,9,15H2,(H,16,17). The number of nitrogens with one attached hydrogen (secondary N) is 1. The topological polar surface area (TPSA) is 71.2 Å². The molecule has 0 aliphatic heterocycles. The molecular formula is C14H17N3O. The fourth-order valence-electron chi connectivity index (χ4n) is 2.41. The molecule has 4 nitrogen and oxygen atoms in total. The molecule has 0 spiro atoms. The molecule has 1 aromatic carbocycles. The van der Waals surface area contributed by atoms with Crippen LogP contribution >= 0.6 is 0 Å². The Bertz CT molecular complexity index is 573. The van der Waals surface area contributed by atoms with Crippen LogP contribution in [-0.4, -0.2) is 22.2 Å². The minimum Gasteiger partial charge on any atom is -0.399 e. The van der Waals surface area contributed by atoms with Crippen LogP contribution in [0.3, 0.4) is 0 Å². The first-order chi connectivity index (χ1) is 8.71. The molecule has 0 bridgehead atoms. The van der Waals surface area contributed by atoms with Crippen molar-refractivity contribution in [1.82, 2.24) is 4.98 Å². The number of hydrogen-bond acceptors (Lipinski definition) is 4. The van der Waals surface area contributed by atoms with Gasteiger partial charge in [0, 0.05) is 11.1 Å². The Morgan fingerprint density at radius 3 is 2.78 bits per heavy atom. The van der Waals surface area contributed by atoms with Gasteiger partial charge < -0.3 is 16.2 Å². The van der Waals surface area contributed by atoms with Crippen molar-refractivity contribution in [1.29, 1.82) is 0 Å². The maximum atomic E-state index is 9.44. The van der Waals surface area contributed by atoms with E-state index in [1.807, 2.05) is 30.3 Å². The zero-order valence-electron chi connectivity index (χ0n) is 10.2. The average Bonchev–Trinajstić information content (AvgIpc) is 2.34. The summed E-state index contributed by atoms with van der Waals surface area (Å²) < 4.78 is 0. The molecule has 1 aliphatic carbocycles. The Hall–Kier alpha value is -1.81. The molecule has 4 N–H and O–H groups in total. The molecule has 0 atom stereocenters. The van der Waals surface area contributed by atoms with E-state index in [0.717, 1.165) is 41.7 Å². The summed E-state index contributed by atoms with van der Waals surface area (Å²) in [5.74, 6) is 0.820. The predicted molar refractivity (Wildman–Crippen MR) is 73.4 cm³/mol. The number of nitrogens with zero attached hydrogens (tertiary/aromatic N) is 1. The van der Waals surface area contributed by atoms with Gasteiger partial charge in [-0.1, -0.05) is 0 Å². The second kappa shape index (κ2) is 4.14. The van der Waals surface area contributed by atoms with Gasteiger partial charge in [0.2, 0.25) is 0 Å². The highest BCUT2D eigenvalue weighted by molar-refractivity contribution is 5.83. The summed E-state index contributed by atoms with van der Waals surface area (Å²) in [4.78, 5) is 4.55. The summed E-state index contributed by atoms with van der Waals surface area (Å²) in [5.41, 5.74) is 7.25. The second-order valence-electron chi connectivity index (χ2n) is 5.07. The van der Waals surface area contributed by atoms with Crippen LogP contribution in [0.25, 0.3) is 10.9 Å². The van der Waals surface area contributed by atoms with Gasteiger partial charge in [-0.25, -0.2) is 4.98 Å². The first kappa shape index (κ1) is 11.3. The van der Waals surface area contributed by atoms with Crippen molar-refractivity contribution in [3.63, 3.8) is 0 Å². The van der Waals surface area contributed by atoms with Crippen LogP contribution in [0.1, 0.15) is 19.3 Å². The SMILES string of the molecule is Nc1ccc2nc(NC3(CO)CCC3)ccc2c1. The van der Waals surface area contributed by atoms with Crippen LogP contribution in [-0.2, 0) is 0 Å². The lowest BCUT2D eigenvalue weighted by atomic mass is 9.77. The Kier molecular flexibility index (Phi) is 2.59. The quantitative estimate of drug-likeness (QED) is 0.722. The van der Waals surface area contributed by atoms with Crippen LogP contribution in [0.4, 0.5) is 11.5 Å². The van der Waals surface area contributed by atoms with E-state index in [-0.39, 0.29) is 12.1 Å². The van der Waals surface area contributed by atoms with Crippen molar-refractivity contribution in [2.45, 2.75) is 24.8 Å². The van der Waals surface area contributed by atoms with Gasteiger partial charge >= 0.3 is 0 Å². The number of benzene rings is 1. The second-order valence-corrected chi connectivity index (χ2v) is 5.07. The summed E-state index contributed by atoms with van der Waals surface area (Å²) in [5, 5.41) is 13.8. The van der Waals surface area contributed by atoms with Gasteiger partial charge in [0.25, 0.3) is 0 Å². The highest BCUT2D eigenvalue weighted by Gasteiger charge is 2.36. The predicted octanol–water partition coefficient (Wildman–Crippen LogP) is 2.14. The number of aliphatic hydroxyl groups is 1. The maximum absolute atomic E-state index is 9.44. The van der Waals surface area contributed by atoms with Crippen molar-refractivity contribution in [2.24, 2.45) is 0 Å². The molecule has 0 unspecified atom stereocenters. The zero-order valence-corrected chi connectivity index (χ0v) is 10.2. The van der Waals surface area contributed by atoms with E-state index in [2.05, 4.69) is 10.3 Å². The van der Waals surface area contributed by atoms with E-state index in [1.165, 1.54) is 0 Å². The molecule has 0 saturated heterocycles. The molecular weight excluding hydrogens is 226 g/mol. The van der Waals surface area contributed by atoms with E-state index in [9.17, 15) is 5.11 Å². The number of pyridine rings is 1. The van der Waals surface area contributed by atoms with Crippen molar-refractivity contribution < 1.29 is 5.11 Å². The van der Waals surface area contributed by atoms with Gasteiger partial charge in [-0.15, -0.1) is 0 Å². The molecule has 1 saturated carbocycles. The smallest absolute Gasteiger partial charge is 0.127 e. The van der Waals surface area contributed by atoms with Crippen molar-refractivity contribution in [3.8, 4) is 0 Å². The Balaban J connectivity index is 1.91. The van der Waals surface area contributed by atoms with E-state index in [4.69, 9.17) is 5.73 Å². The van der Waals surface area contributed by atoms with E-state index >= 15 is 0 Å². The normalized spacial score (nSPS) is 17.4. The fourth-order valence-corrected chi connectivity index (χ4v) is 2.41. The summed E-state index contributed by atoms with van der Waals surface area (Å²) in [7, 11) is 0. The fraction of sp³-hybridized carbons (Fsp3) is 0.357. The highest BCUT2D eigenvalue weighted by atomic mass is 16.3. The summed E-state index contributed by atoms with van der Waals surface area (Å²) in [6, 6.07) is 9.63. The van der Waals surface area contributed by atoms with Gasteiger partial charge in [0.1, 0.15) is 5.82 Å². The lowest BCUT2D eigenvalue weighted by Gasteiger charge is -2.41. The van der Waals surface area contributed by atoms with Crippen LogP contribution in [0.5, 0.6) is 0 Å². The van der Waals surface area contributed by atoms with Gasteiger partial charge in [-0.2, -0.15) is 0 Å². The lowest BCUT2D eigenvalue weighted by Crippen LogP contribution is -2.48. The third-order valence-corrected chi connectivity index (χ3v) is 3.72. The third kappa shape index (κ3) is 1.88. The van der Waals surface area contributed by atoms with Crippen LogP contribution in [0, 0.1) is 0 Å². The first-order valence-electron chi connectivity index (χ1n) is 6.26. The minimum atomic E-state index is -0.158. The molecule has 0 amide bonds. The van der Waals surface area contributed by atoms with E-state index in [1.54, 1.807) is 0 Å². The number of aliphatic hydroxyl groups excluding tert-OH is 1. The Morgan fingerprint density at radius 1 is 1.28 bits per heavy atom. The summed E-state index contributed by atoms with van der Waals surface area (Å²) in [6.07, 6.45) is 3.17. The lowest BCUT2D eigenvalue weighted by molar-refractivity contribution is 0.144. The van der Waals surface area contributed by atoms with Gasteiger partial charge in [0.15, 0.2) is 0 Å². The molecule has 3 rings (SSSR count). The van der Waals surface area contributed by atoms with Crippen LogP contribution < -0.4 is 11.1 Å². The number of aromatic nitrogens is 1. The largest absolute Gasteiger partial charge is 0.399 e. The highest BCUT2D eigenvalue weighted by Crippen LogP contribution is 2.34. The van der Waals surface area contributed by atoms with Crippen molar-refractivity contribution in [3.05, 3.63) is 30.3 Å². The molecule has 2 aromatic rings. The Morgan fingerprint density at radius 2 is 2.11 bits per heavy atom. The molecule has 94 valence electrons. The molecule has 18 heavy (non-hydrogen) atoms. The molecule has 0 radical (unpaired) electrons. The summed E-state index contributed by atoms with van der Waals surface area (Å²) in [6.45, 7) is 0.161. The van der Waals surface area contributed by atoms with E-state index in [0.29, 0.717) is 0 Å². The van der Waals surface area contributed by atoms with Gasteiger partial charge in [-0.05, 0) is 49.6 Å². The molecule has 4 heteroatoms. The van der Waals surface area contributed by atoms with Gasteiger partial charge in [-0.3, -0.25) is 0 Å². The summed E-state index contributed by atoms with van der Waals surface area (Å²) >= 11 is 0. The average molecular weight is 243 g/mol. The number of fused-ring (bicyclic) bond motifs is 1. The molecule has 1 heterocycles. The van der Waals surface area contributed by atoms with Crippen molar-refractivity contribution in [2.75, 3.05) is 17.7 Å². The van der Waals surface area contributed by atoms with Crippen LogP contribution in [0.2, 0.25) is 0 Å². The maximum Gasteiger partial charge on any atom is 0.127 e. The number of hydrogen-bond donors (Lipinski definition) is 3. The Labute approximate surface area is 106 Å². The minimum absolute atomic E-state index is 0.158. The third-order valence-electron chi connectivity index (χ3n) is 3.72. The van der Waals surface area contributed by atoms with Crippen LogP contribution in [0.15, 0.2) is 30.3 Å². The number of nitrogen functional groups attached to an aromatic ring is 1. The first-order valence-corrected chi connectivity index (χ1v) is 6.26. The number of rotatable bonds is 3.